The number of carbonyl (C=O) groups is 1. The van der Waals surface area contributed by atoms with Crippen LogP contribution in [0.3, 0.4) is 0 Å². The Labute approximate surface area is 128 Å². The van der Waals surface area contributed by atoms with Gasteiger partial charge in [0.15, 0.2) is 11.5 Å². The number of nitrogens with zero attached hydrogens (tertiary/aromatic N) is 1. The maximum atomic E-state index is 13.4. The van der Waals surface area contributed by atoms with Crippen molar-refractivity contribution < 1.29 is 13.9 Å². The topological polar surface area (TPSA) is 65.2 Å². The van der Waals surface area contributed by atoms with Crippen LogP contribution in [-0.2, 0) is 4.74 Å². The molecule has 20 heavy (non-hydrogen) atoms. The second-order valence-corrected chi connectivity index (χ2v) is 5.26. The quantitative estimate of drug-likeness (QED) is 0.659. The number of hydrogen-bond donors (Lipinski definition) is 1. The van der Waals surface area contributed by atoms with Crippen molar-refractivity contribution in [2.75, 3.05) is 12.3 Å². The Kier molecular flexibility index (Phi) is 4.77. The van der Waals surface area contributed by atoms with Gasteiger partial charge in [0.25, 0.3) is 0 Å². The van der Waals surface area contributed by atoms with Gasteiger partial charge in [-0.1, -0.05) is 29.8 Å². The summed E-state index contributed by atoms with van der Waals surface area (Å²) in [6.07, 6.45) is 7.77. The maximum absolute atomic E-state index is 13.4. The van der Waals surface area contributed by atoms with Crippen LogP contribution in [0.15, 0.2) is 28.4 Å². The van der Waals surface area contributed by atoms with E-state index in [0.29, 0.717) is 0 Å². The Morgan fingerprint density at radius 1 is 1.55 bits per heavy atom. The average molecular weight is 362 g/mol. The fraction of sp³-hybridized carbons (Fsp3) is 0.231. The third-order valence-corrected chi connectivity index (χ3v) is 3.62. The maximum Gasteiger partial charge on any atom is 0.358 e. The summed E-state index contributed by atoms with van der Waals surface area (Å²) in [6, 6.07) is 0. The molecule has 1 aliphatic carbocycles. The lowest BCUT2D eigenvalue weighted by Crippen LogP contribution is -2.13. The monoisotopic (exact) mass is 360 g/mol. The minimum atomic E-state index is -0.801. The van der Waals surface area contributed by atoms with Gasteiger partial charge in [-0.2, -0.15) is 0 Å². The van der Waals surface area contributed by atoms with Crippen LogP contribution in [0.4, 0.5) is 10.1 Å². The minimum Gasteiger partial charge on any atom is -0.456 e. The fourth-order valence-electron chi connectivity index (χ4n) is 1.66. The van der Waals surface area contributed by atoms with E-state index in [-0.39, 0.29) is 27.6 Å². The Balaban J connectivity index is 2.13. The van der Waals surface area contributed by atoms with Crippen molar-refractivity contribution in [2.45, 2.75) is 12.8 Å². The molecule has 0 saturated heterocycles. The number of halogens is 3. The van der Waals surface area contributed by atoms with E-state index in [1.54, 1.807) is 0 Å². The van der Waals surface area contributed by atoms with Crippen LogP contribution >= 0.6 is 27.5 Å². The Bertz CT molecular complexity index is 617. The first-order chi connectivity index (χ1) is 9.50. The second kappa shape index (κ2) is 6.37. The first kappa shape index (κ1) is 15.0. The largest absolute Gasteiger partial charge is 0.456 e. The molecule has 1 aliphatic rings. The number of rotatable bonds is 3. The highest BCUT2D eigenvalue weighted by Crippen LogP contribution is 2.29. The number of anilines is 1. The first-order valence-electron chi connectivity index (χ1n) is 5.83. The molecule has 0 atom stereocenters. The number of hydrogen-bond acceptors (Lipinski definition) is 4. The SMILES string of the molecule is Nc1c(F)c(Br)nc(C(=O)OCC2=CCCC=C2)c1Cl. The molecule has 1 aromatic rings. The number of allylic oxidation sites excluding steroid dienone is 2. The smallest absolute Gasteiger partial charge is 0.358 e. The standard InChI is InChI=1S/C13H11BrClFN2O2/c14-12-9(16)10(17)8(15)11(18-12)13(19)20-6-7-4-2-1-3-5-7/h2,4-5H,1,3,6H2,(H2,17,18). The predicted octanol–water partition coefficient (Wildman–Crippen LogP) is 3.65. The van der Waals surface area contributed by atoms with Crippen LogP contribution in [0.1, 0.15) is 23.3 Å². The molecule has 1 heterocycles. The number of aromatic nitrogens is 1. The van der Waals surface area contributed by atoms with E-state index >= 15 is 0 Å². The summed E-state index contributed by atoms with van der Waals surface area (Å²) in [5.74, 6) is -1.55. The van der Waals surface area contributed by atoms with E-state index in [0.717, 1.165) is 18.4 Å². The first-order valence-corrected chi connectivity index (χ1v) is 7.00. The number of nitrogens with two attached hydrogens (primary N) is 1. The molecule has 0 unspecified atom stereocenters. The molecular formula is C13H11BrClFN2O2. The molecule has 1 aromatic heterocycles. The molecule has 0 fully saturated rings. The highest BCUT2D eigenvalue weighted by atomic mass is 79.9. The molecule has 2 N–H and O–H groups in total. The van der Waals surface area contributed by atoms with Gasteiger partial charge >= 0.3 is 5.97 Å². The van der Waals surface area contributed by atoms with Gasteiger partial charge in [-0.25, -0.2) is 14.2 Å². The predicted molar refractivity (Wildman–Crippen MR) is 78.1 cm³/mol. The van der Waals surface area contributed by atoms with E-state index in [2.05, 4.69) is 20.9 Å². The van der Waals surface area contributed by atoms with Gasteiger partial charge in [-0.05, 0) is 34.3 Å². The molecule has 0 spiro atoms. The summed E-state index contributed by atoms with van der Waals surface area (Å²) in [5, 5.41) is -0.246. The average Bonchev–Trinajstić information content (AvgIpc) is 2.47. The lowest BCUT2D eigenvalue weighted by molar-refractivity contribution is 0.0535. The molecule has 2 rings (SSSR count). The summed E-state index contributed by atoms with van der Waals surface area (Å²) < 4.78 is 18.3. The zero-order valence-corrected chi connectivity index (χ0v) is 12.7. The molecule has 106 valence electrons. The molecule has 4 nitrogen and oxygen atoms in total. The molecule has 0 aliphatic heterocycles. The number of carbonyl (C=O) groups excluding carboxylic acids is 1. The van der Waals surface area contributed by atoms with Crippen LogP contribution in [0.25, 0.3) is 0 Å². The number of ether oxygens (including phenoxy) is 1. The van der Waals surface area contributed by atoms with Crippen LogP contribution < -0.4 is 5.73 Å². The van der Waals surface area contributed by atoms with Crippen molar-refractivity contribution in [2.24, 2.45) is 0 Å². The van der Waals surface area contributed by atoms with E-state index in [4.69, 9.17) is 22.1 Å². The van der Waals surface area contributed by atoms with Gasteiger partial charge in [0.1, 0.15) is 11.2 Å². The van der Waals surface area contributed by atoms with E-state index in [1.165, 1.54) is 0 Å². The van der Waals surface area contributed by atoms with Crippen LogP contribution in [-0.4, -0.2) is 17.6 Å². The summed E-state index contributed by atoms with van der Waals surface area (Å²) >= 11 is 8.68. The fourth-order valence-corrected chi connectivity index (χ4v) is 2.25. The summed E-state index contributed by atoms with van der Waals surface area (Å²) in [7, 11) is 0. The molecule has 0 bridgehead atoms. The second-order valence-electron chi connectivity index (χ2n) is 4.13. The number of pyridine rings is 1. The van der Waals surface area contributed by atoms with Gasteiger partial charge in [0, 0.05) is 0 Å². The van der Waals surface area contributed by atoms with Crippen LogP contribution in [0.2, 0.25) is 5.02 Å². The normalized spacial score (nSPS) is 14.1. The number of nitrogen functional groups attached to an aromatic ring is 1. The molecule has 7 heteroatoms. The molecule has 0 aromatic carbocycles. The molecule has 0 radical (unpaired) electrons. The lowest BCUT2D eigenvalue weighted by atomic mass is 10.1. The third kappa shape index (κ3) is 3.19. The minimum absolute atomic E-state index is 0.113. The summed E-state index contributed by atoms with van der Waals surface area (Å²) in [6.45, 7) is 0.113. The van der Waals surface area contributed by atoms with Gasteiger partial charge in [0.2, 0.25) is 0 Å². The van der Waals surface area contributed by atoms with E-state index in [1.807, 2.05) is 18.2 Å². The molecular weight excluding hydrogens is 351 g/mol. The molecule has 0 amide bonds. The summed E-state index contributed by atoms with van der Waals surface area (Å²) in [4.78, 5) is 15.6. The van der Waals surface area contributed by atoms with Gasteiger partial charge in [-0.3, -0.25) is 0 Å². The van der Waals surface area contributed by atoms with E-state index in [9.17, 15) is 9.18 Å². The van der Waals surface area contributed by atoms with Gasteiger partial charge in [-0.15, -0.1) is 0 Å². The van der Waals surface area contributed by atoms with E-state index < -0.39 is 11.8 Å². The van der Waals surface area contributed by atoms with Crippen molar-refractivity contribution in [1.29, 1.82) is 0 Å². The third-order valence-electron chi connectivity index (χ3n) is 2.71. The van der Waals surface area contributed by atoms with Crippen molar-refractivity contribution in [3.8, 4) is 0 Å². The lowest BCUT2D eigenvalue weighted by Gasteiger charge is -2.10. The van der Waals surface area contributed by atoms with Gasteiger partial charge in [0.05, 0.1) is 10.7 Å². The van der Waals surface area contributed by atoms with Crippen molar-refractivity contribution in [3.63, 3.8) is 0 Å². The zero-order valence-electron chi connectivity index (χ0n) is 10.3. The number of esters is 1. The van der Waals surface area contributed by atoms with Crippen molar-refractivity contribution in [3.05, 3.63) is 44.9 Å². The summed E-state index contributed by atoms with van der Waals surface area (Å²) in [5.41, 5.74) is 5.80. The van der Waals surface area contributed by atoms with Crippen molar-refractivity contribution in [1.82, 2.24) is 4.98 Å². The van der Waals surface area contributed by atoms with Crippen LogP contribution in [0, 0.1) is 5.82 Å². The highest BCUT2D eigenvalue weighted by molar-refractivity contribution is 9.10. The Morgan fingerprint density at radius 3 is 2.95 bits per heavy atom. The zero-order chi connectivity index (χ0) is 14.7. The Hall–Kier alpha value is -1.40. The Morgan fingerprint density at radius 2 is 2.30 bits per heavy atom. The highest BCUT2D eigenvalue weighted by Gasteiger charge is 2.21. The van der Waals surface area contributed by atoms with Gasteiger partial charge < -0.3 is 10.5 Å². The van der Waals surface area contributed by atoms with Crippen LogP contribution in [0.5, 0.6) is 0 Å². The molecule has 0 saturated carbocycles. The van der Waals surface area contributed by atoms with Crippen molar-refractivity contribution >= 4 is 39.2 Å².